The smallest absolute Gasteiger partial charge is 0.141 e. The summed E-state index contributed by atoms with van der Waals surface area (Å²) in [6.07, 6.45) is 0. The summed E-state index contributed by atoms with van der Waals surface area (Å²) in [5, 5.41) is 0.648. The SMILES string of the molecule is CCN(C(=Nc1ccccc1Cl)c1ccccc1)c1ccccc1. The quantitative estimate of drug-likeness (QED) is 0.425. The maximum Gasteiger partial charge on any atom is 0.141 e. The zero-order chi connectivity index (χ0) is 16.8. The first-order chi connectivity index (χ1) is 11.8. The minimum Gasteiger partial charge on any atom is -0.326 e. The average molecular weight is 335 g/mol. The second kappa shape index (κ2) is 7.80. The third-order valence-electron chi connectivity index (χ3n) is 3.75. The van der Waals surface area contributed by atoms with Gasteiger partial charge in [0.25, 0.3) is 0 Å². The molecule has 24 heavy (non-hydrogen) atoms. The van der Waals surface area contributed by atoms with Crippen LogP contribution in [0.5, 0.6) is 0 Å². The molecular weight excluding hydrogens is 316 g/mol. The summed E-state index contributed by atoms with van der Waals surface area (Å²) in [6.45, 7) is 2.93. The van der Waals surface area contributed by atoms with Gasteiger partial charge in [0, 0.05) is 17.8 Å². The largest absolute Gasteiger partial charge is 0.326 e. The number of halogens is 1. The summed E-state index contributed by atoms with van der Waals surface area (Å²) in [7, 11) is 0. The average Bonchev–Trinajstić information content (AvgIpc) is 2.65. The first-order valence-electron chi connectivity index (χ1n) is 8.01. The number of hydrogen-bond acceptors (Lipinski definition) is 1. The molecule has 0 spiro atoms. The van der Waals surface area contributed by atoms with Gasteiger partial charge in [-0.05, 0) is 31.2 Å². The van der Waals surface area contributed by atoms with Crippen LogP contribution in [-0.4, -0.2) is 12.4 Å². The molecule has 0 saturated heterocycles. The monoisotopic (exact) mass is 334 g/mol. The molecule has 0 aliphatic rings. The highest BCUT2D eigenvalue weighted by Crippen LogP contribution is 2.27. The second-order valence-electron chi connectivity index (χ2n) is 5.33. The van der Waals surface area contributed by atoms with Crippen molar-refractivity contribution in [2.45, 2.75) is 6.92 Å². The van der Waals surface area contributed by atoms with Crippen LogP contribution in [0.2, 0.25) is 5.02 Å². The van der Waals surface area contributed by atoms with Gasteiger partial charge in [0.05, 0.1) is 10.7 Å². The summed E-state index contributed by atoms with van der Waals surface area (Å²) in [6, 6.07) is 28.1. The first kappa shape index (κ1) is 16.3. The van der Waals surface area contributed by atoms with Crippen molar-refractivity contribution in [2.24, 2.45) is 4.99 Å². The minimum atomic E-state index is 0.648. The molecule has 3 aromatic carbocycles. The van der Waals surface area contributed by atoms with Crippen LogP contribution >= 0.6 is 11.6 Å². The van der Waals surface area contributed by atoms with E-state index in [9.17, 15) is 0 Å². The van der Waals surface area contributed by atoms with Gasteiger partial charge in [-0.25, -0.2) is 4.99 Å². The molecule has 3 heteroatoms. The highest BCUT2D eigenvalue weighted by molar-refractivity contribution is 6.33. The number of nitrogens with zero attached hydrogens (tertiary/aromatic N) is 2. The number of anilines is 1. The van der Waals surface area contributed by atoms with E-state index in [0.717, 1.165) is 29.3 Å². The fourth-order valence-electron chi connectivity index (χ4n) is 2.59. The van der Waals surface area contributed by atoms with Gasteiger partial charge in [-0.1, -0.05) is 72.3 Å². The van der Waals surface area contributed by atoms with Gasteiger partial charge in [0.2, 0.25) is 0 Å². The van der Waals surface area contributed by atoms with Gasteiger partial charge in [0.15, 0.2) is 0 Å². The molecule has 0 bridgehead atoms. The molecule has 0 atom stereocenters. The van der Waals surface area contributed by atoms with Crippen LogP contribution in [0.15, 0.2) is 89.9 Å². The fraction of sp³-hybridized carbons (Fsp3) is 0.0952. The molecule has 0 N–H and O–H groups in total. The Balaban J connectivity index is 2.14. The van der Waals surface area contributed by atoms with Crippen LogP contribution in [-0.2, 0) is 0 Å². The van der Waals surface area contributed by atoms with Crippen LogP contribution in [0.1, 0.15) is 12.5 Å². The maximum absolute atomic E-state index is 6.32. The van der Waals surface area contributed by atoms with Crippen molar-refractivity contribution < 1.29 is 0 Å². The van der Waals surface area contributed by atoms with Gasteiger partial charge in [-0.15, -0.1) is 0 Å². The molecule has 0 saturated carbocycles. The van der Waals surface area contributed by atoms with Crippen LogP contribution in [0.3, 0.4) is 0 Å². The van der Waals surface area contributed by atoms with E-state index in [0.29, 0.717) is 5.02 Å². The lowest BCUT2D eigenvalue weighted by Gasteiger charge is -2.25. The number of aliphatic imine (C=N–C) groups is 1. The summed E-state index contributed by atoms with van der Waals surface area (Å²) in [4.78, 5) is 7.08. The van der Waals surface area contributed by atoms with Crippen molar-refractivity contribution >= 4 is 28.8 Å². The highest BCUT2D eigenvalue weighted by atomic mass is 35.5. The van der Waals surface area contributed by atoms with E-state index in [1.165, 1.54) is 0 Å². The minimum absolute atomic E-state index is 0.648. The van der Waals surface area contributed by atoms with Crippen molar-refractivity contribution in [3.05, 3.63) is 95.5 Å². The zero-order valence-corrected chi connectivity index (χ0v) is 14.3. The summed E-state index contributed by atoms with van der Waals surface area (Å²) < 4.78 is 0. The summed E-state index contributed by atoms with van der Waals surface area (Å²) in [5.74, 6) is 0.886. The molecule has 0 heterocycles. The first-order valence-corrected chi connectivity index (χ1v) is 8.38. The van der Waals surface area contributed by atoms with Crippen molar-refractivity contribution in [3.63, 3.8) is 0 Å². The number of benzene rings is 3. The topological polar surface area (TPSA) is 15.6 Å². The van der Waals surface area contributed by atoms with Crippen molar-refractivity contribution in [2.75, 3.05) is 11.4 Å². The van der Waals surface area contributed by atoms with Gasteiger partial charge in [-0.3, -0.25) is 0 Å². The van der Waals surface area contributed by atoms with E-state index in [-0.39, 0.29) is 0 Å². The summed E-state index contributed by atoms with van der Waals surface area (Å²) >= 11 is 6.32. The molecule has 0 amide bonds. The molecule has 2 nitrogen and oxygen atoms in total. The van der Waals surface area contributed by atoms with Crippen LogP contribution in [0, 0.1) is 0 Å². The second-order valence-corrected chi connectivity index (χ2v) is 5.74. The molecule has 120 valence electrons. The lowest BCUT2D eigenvalue weighted by molar-refractivity contribution is 1.05. The Kier molecular flexibility index (Phi) is 5.29. The molecule has 0 aliphatic carbocycles. The Morgan fingerprint density at radius 3 is 2.04 bits per heavy atom. The van der Waals surface area contributed by atoms with Crippen LogP contribution in [0.4, 0.5) is 11.4 Å². The van der Waals surface area contributed by atoms with Crippen LogP contribution < -0.4 is 4.90 Å². The van der Waals surface area contributed by atoms with Gasteiger partial charge in [0.1, 0.15) is 5.84 Å². The summed E-state index contributed by atoms with van der Waals surface area (Å²) in [5.41, 5.74) is 2.94. The lowest BCUT2D eigenvalue weighted by Crippen LogP contribution is -2.31. The Morgan fingerprint density at radius 2 is 1.42 bits per heavy atom. The van der Waals surface area contributed by atoms with E-state index in [1.54, 1.807) is 0 Å². The third kappa shape index (κ3) is 3.66. The number of amidine groups is 1. The highest BCUT2D eigenvalue weighted by Gasteiger charge is 2.14. The van der Waals surface area contributed by atoms with E-state index < -0.39 is 0 Å². The molecule has 0 unspecified atom stereocenters. The Bertz CT molecular complexity index is 814. The standard InChI is InChI=1S/C21H19ClN2/c1-2-24(18-13-7-4-8-14-18)21(17-11-5-3-6-12-17)23-20-16-10-9-15-19(20)22/h3-16H,2H2,1H3. The number of para-hydroxylation sites is 2. The lowest BCUT2D eigenvalue weighted by atomic mass is 10.1. The fourth-order valence-corrected chi connectivity index (χ4v) is 2.77. The zero-order valence-electron chi connectivity index (χ0n) is 13.6. The van der Waals surface area contributed by atoms with Crippen molar-refractivity contribution in [3.8, 4) is 0 Å². The molecule has 3 rings (SSSR count). The van der Waals surface area contributed by atoms with E-state index in [4.69, 9.17) is 16.6 Å². The predicted molar refractivity (Wildman–Crippen MR) is 104 cm³/mol. The predicted octanol–water partition coefficient (Wildman–Crippen LogP) is 5.94. The Labute approximate surface area is 148 Å². The number of hydrogen-bond donors (Lipinski definition) is 0. The van der Waals surface area contributed by atoms with Gasteiger partial charge in [-0.2, -0.15) is 0 Å². The third-order valence-corrected chi connectivity index (χ3v) is 4.07. The molecule has 0 radical (unpaired) electrons. The van der Waals surface area contributed by atoms with Crippen LogP contribution in [0.25, 0.3) is 0 Å². The normalized spacial score (nSPS) is 11.3. The van der Waals surface area contributed by atoms with Gasteiger partial charge < -0.3 is 4.90 Å². The van der Waals surface area contributed by atoms with E-state index >= 15 is 0 Å². The number of rotatable bonds is 4. The molecular formula is C21H19ClN2. The van der Waals surface area contributed by atoms with Crippen molar-refractivity contribution in [1.29, 1.82) is 0 Å². The Morgan fingerprint density at radius 1 is 0.833 bits per heavy atom. The van der Waals surface area contributed by atoms with E-state index in [1.807, 2.05) is 60.7 Å². The van der Waals surface area contributed by atoms with Crippen molar-refractivity contribution in [1.82, 2.24) is 0 Å². The van der Waals surface area contributed by atoms with Gasteiger partial charge >= 0.3 is 0 Å². The molecule has 0 aromatic heterocycles. The molecule has 3 aromatic rings. The molecule has 0 fully saturated rings. The van der Waals surface area contributed by atoms with E-state index in [2.05, 4.69) is 36.1 Å². The molecule has 0 aliphatic heterocycles. The Hall–Kier alpha value is -2.58. The maximum atomic E-state index is 6.32.